The molecule has 0 radical (unpaired) electrons. The highest BCUT2D eigenvalue weighted by Crippen LogP contribution is 2.24. The number of sulfone groups is 1. The second kappa shape index (κ2) is 5.51. The van der Waals surface area contributed by atoms with Gasteiger partial charge in [0, 0.05) is 31.1 Å². The Morgan fingerprint density at radius 3 is 2.47 bits per heavy atom. The minimum Gasteiger partial charge on any atom is -0.389 e. The molecule has 0 heterocycles. The molecule has 0 aliphatic heterocycles. The van der Waals surface area contributed by atoms with Crippen LogP contribution >= 0.6 is 0 Å². The number of hydrogen-bond acceptors (Lipinski definition) is 4. The predicted molar refractivity (Wildman–Crippen MR) is 70.1 cm³/mol. The zero-order valence-electron chi connectivity index (χ0n) is 10.4. The lowest BCUT2D eigenvalue weighted by atomic mass is 10.1. The second-order valence-corrected chi connectivity index (χ2v) is 6.55. The summed E-state index contributed by atoms with van der Waals surface area (Å²) < 4.78 is 22.2. The van der Waals surface area contributed by atoms with Crippen molar-refractivity contribution in [1.82, 2.24) is 0 Å². The van der Waals surface area contributed by atoms with E-state index in [4.69, 9.17) is 0 Å². The van der Waals surface area contributed by atoms with Gasteiger partial charge < -0.3 is 10.0 Å². The van der Waals surface area contributed by atoms with Crippen molar-refractivity contribution in [3.8, 4) is 0 Å². The number of para-hydroxylation sites is 1. The Hall–Kier alpha value is -1.07. The second-order valence-electron chi connectivity index (χ2n) is 4.29. The maximum Gasteiger partial charge on any atom is 0.149 e. The number of aliphatic hydroxyl groups excluding tert-OH is 1. The first-order valence-corrected chi connectivity index (χ1v) is 7.53. The highest BCUT2D eigenvalue weighted by Gasteiger charge is 2.12. The van der Waals surface area contributed by atoms with Crippen LogP contribution in [-0.4, -0.2) is 39.1 Å². The first-order chi connectivity index (χ1) is 7.81. The van der Waals surface area contributed by atoms with Gasteiger partial charge in [-0.25, -0.2) is 8.42 Å². The van der Waals surface area contributed by atoms with Gasteiger partial charge in [-0.2, -0.15) is 0 Å². The lowest BCUT2D eigenvalue weighted by Gasteiger charge is -2.23. The van der Waals surface area contributed by atoms with Crippen molar-refractivity contribution >= 4 is 15.5 Å². The number of hydrogen-bond donors (Lipinski definition) is 1. The van der Waals surface area contributed by atoms with Crippen LogP contribution in [0.5, 0.6) is 0 Å². The molecule has 1 aromatic carbocycles. The summed E-state index contributed by atoms with van der Waals surface area (Å²) in [6, 6.07) is 7.45. The Kier molecular flexibility index (Phi) is 4.54. The summed E-state index contributed by atoms with van der Waals surface area (Å²) in [5.74, 6) is 0.109. The van der Waals surface area contributed by atoms with Crippen LogP contribution in [0.4, 0.5) is 5.69 Å². The first kappa shape index (κ1) is 14.0. The Morgan fingerprint density at radius 2 is 1.94 bits per heavy atom. The molecule has 0 spiro atoms. The molecular formula is C12H19NO3S. The molecule has 0 saturated heterocycles. The smallest absolute Gasteiger partial charge is 0.149 e. The normalized spacial score (nSPS) is 13.4. The van der Waals surface area contributed by atoms with Crippen molar-refractivity contribution in [1.29, 1.82) is 0 Å². The van der Waals surface area contributed by atoms with Gasteiger partial charge in [0.25, 0.3) is 0 Å². The molecule has 4 nitrogen and oxygen atoms in total. The van der Waals surface area contributed by atoms with Crippen LogP contribution in [-0.2, 0) is 9.84 Å². The predicted octanol–water partition coefficient (Wildman–Crippen LogP) is 1.22. The van der Waals surface area contributed by atoms with Crippen LogP contribution in [0.15, 0.2) is 24.3 Å². The van der Waals surface area contributed by atoms with E-state index in [0.717, 1.165) is 11.3 Å². The average molecular weight is 257 g/mol. The molecule has 5 heteroatoms. The van der Waals surface area contributed by atoms with E-state index in [1.165, 1.54) is 6.26 Å². The first-order valence-electron chi connectivity index (χ1n) is 5.47. The third-order valence-corrected chi connectivity index (χ3v) is 3.52. The van der Waals surface area contributed by atoms with E-state index < -0.39 is 15.9 Å². The van der Waals surface area contributed by atoms with E-state index in [9.17, 15) is 13.5 Å². The van der Waals surface area contributed by atoms with Crippen LogP contribution < -0.4 is 4.90 Å². The van der Waals surface area contributed by atoms with Gasteiger partial charge in [0.1, 0.15) is 9.84 Å². The third kappa shape index (κ3) is 4.36. The maximum atomic E-state index is 11.1. The average Bonchev–Trinajstić information content (AvgIpc) is 2.25. The summed E-state index contributed by atoms with van der Waals surface area (Å²) in [7, 11) is -1.14. The lowest BCUT2D eigenvalue weighted by Crippen LogP contribution is -2.26. The molecule has 1 N–H and O–H groups in total. The molecule has 1 atom stereocenters. The van der Waals surface area contributed by atoms with E-state index in [1.807, 2.05) is 36.2 Å². The molecule has 17 heavy (non-hydrogen) atoms. The summed E-state index contributed by atoms with van der Waals surface area (Å²) in [4.78, 5) is 1.85. The van der Waals surface area contributed by atoms with E-state index in [1.54, 1.807) is 6.92 Å². The summed E-state index contributed by atoms with van der Waals surface area (Å²) >= 11 is 0. The van der Waals surface area contributed by atoms with Crippen LogP contribution in [0, 0.1) is 0 Å². The SMILES string of the molecule is CC(O)c1ccccc1N(C)CCS(C)(=O)=O. The lowest BCUT2D eigenvalue weighted by molar-refractivity contribution is 0.199. The van der Waals surface area contributed by atoms with Gasteiger partial charge in [-0.3, -0.25) is 0 Å². The van der Waals surface area contributed by atoms with E-state index in [2.05, 4.69) is 0 Å². The molecule has 0 amide bonds. The fourth-order valence-electron chi connectivity index (χ4n) is 1.61. The van der Waals surface area contributed by atoms with Gasteiger partial charge in [0.15, 0.2) is 0 Å². The summed E-state index contributed by atoms with van der Waals surface area (Å²) in [5, 5.41) is 9.64. The van der Waals surface area contributed by atoms with E-state index in [-0.39, 0.29) is 5.75 Å². The van der Waals surface area contributed by atoms with Gasteiger partial charge in [-0.1, -0.05) is 18.2 Å². The Bertz CT molecular complexity index is 468. The molecule has 1 unspecified atom stereocenters. The van der Waals surface area contributed by atoms with Crippen molar-refractivity contribution in [2.24, 2.45) is 0 Å². The Labute approximate surface area is 103 Å². The molecule has 0 bridgehead atoms. The van der Waals surface area contributed by atoms with Crippen LogP contribution in [0.1, 0.15) is 18.6 Å². The van der Waals surface area contributed by atoms with E-state index >= 15 is 0 Å². The monoisotopic (exact) mass is 257 g/mol. The van der Waals surface area contributed by atoms with Crippen molar-refractivity contribution < 1.29 is 13.5 Å². The van der Waals surface area contributed by atoms with Gasteiger partial charge in [0.2, 0.25) is 0 Å². The molecule has 1 aromatic rings. The van der Waals surface area contributed by atoms with E-state index in [0.29, 0.717) is 6.54 Å². The summed E-state index contributed by atoms with van der Waals surface area (Å²) in [6.45, 7) is 2.12. The van der Waals surface area contributed by atoms with Crippen LogP contribution in [0.2, 0.25) is 0 Å². The largest absolute Gasteiger partial charge is 0.389 e. The molecule has 0 aliphatic rings. The number of rotatable bonds is 5. The molecule has 1 rings (SSSR count). The minimum atomic E-state index is -2.96. The third-order valence-electron chi connectivity index (χ3n) is 2.60. The molecule has 0 aromatic heterocycles. The number of benzene rings is 1. The Balaban J connectivity index is 2.85. The number of aliphatic hydroxyl groups is 1. The summed E-state index contributed by atoms with van der Waals surface area (Å²) in [5.41, 5.74) is 1.68. The van der Waals surface area contributed by atoms with Gasteiger partial charge in [-0.05, 0) is 13.0 Å². The molecule has 96 valence electrons. The van der Waals surface area contributed by atoms with Gasteiger partial charge in [-0.15, -0.1) is 0 Å². The van der Waals surface area contributed by atoms with Crippen LogP contribution in [0.25, 0.3) is 0 Å². The highest BCUT2D eigenvalue weighted by molar-refractivity contribution is 7.90. The van der Waals surface area contributed by atoms with Crippen molar-refractivity contribution in [2.75, 3.05) is 30.5 Å². The quantitative estimate of drug-likeness (QED) is 0.861. The van der Waals surface area contributed by atoms with Crippen LogP contribution in [0.3, 0.4) is 0 Å². The zero-order valence-corrected chi connectivity index (χ0v) is 11.2. The molecular weight excluding hydrogens is 238 g/mol. The Morgan fingerprint density at radius 1 is 1.35 bits per heavy atom. The molecule has 0 saturated carbocycles. The maximum absolute atomic E-state index is 11.1. The minimum absolute atomic E-state index is 0.109. The standard InChI is InChI=1S/C12H19NO3S/c1-10(14)11-6-4-5-7-12(11)13(2)8-9-17(3,15)16/h4-7,10,14H,8-9H2,1-3H3. The van der Waals surface area contributed by atoms with Gasteiger partial charge in [0.05, 0.1) is 11.9 Å². The zero-order chi connectivity index (χ0) is 13.1. The highest BCUT2D eigenvalue weighted by atomic mass is 32.2. The molecule has 0 fully saturated rings. The molecule has 0 aliphatic carbocycles. The van der Waals surface area contributed by atoms with Crippen molar-refractivity contribution in [3.05, 3.63) is 29.8 Å². The number of anilines is 1. The van der Waals surface area contributed by atoms with Crippen molar-refractivity contribution in [2.45, 2.75) is 13.0 Å². The van der Waals surface area contributed by atoms with Crippen molar-refractivity contribution in [3.63, 3.8) is 0 Å². The van der Waals surface area contributed by atoms with Gasteiger partial charge >= 0.3 is 0 Å². The fraction of sp³-hybridized carbons (Fsp3) is 0.500. The topological polar surface area (TPSA) is 57.6 Å². The number of nitrogens with zero attached hydrogens (tertiary/aromatic N) is 1. The fourth-order valence-corrected chi connectivity index (χ4v) is 2.22. The summed E-state index contributed by atoms with van der Waals surface area (Å²) in [6.07, 6.45) is 0.661.